The minimum Gasteiger partial charge on any atom is -0.378 e. The van der Waals surface area contributed by atoms with Gasteiger partial charge < -0.3 is 5.11 Å². The maximum Gasteiger partial charge on any atom is 0.261 e. The SMILES string of the molecule is O=C1c2ccccc2C(=O)N1CC(O)(c1ccc(Cl)cc1)c1ccc(I)cc1. The van der Waals surface area contributed by atoms with E-state index >= 15 is 0 Å². The molecule has 28 heavy (non-hydrogen) atoms. The molecule has 0 radical (unpaired) electrons. The number of nitrogens with zero attached hydrogens (tertiary/aromatic N) is 1. The number of carbonyl (C=O) groups is 2. The molecule has 140 valence electrons. The van der Waals surface area contributed by atoms with Crippen LogP contribution in [-0.2, 0) is 5.60 Å². The van der Waals surface area contributed by atoms with Crippen molar-refractivity contribution in [2.24, 2.45) is 0 Å². The summed E-state index contributed by atoms with van der Waals surface area (Å²) in [7, 11) is 0. The average molecular weight is 504 g/mol. The predicted molar refractivity (Wildman–Crippen MR) is 115 cm³/mol. The lowest BCUT2D eigenvalue weighted by Gasteiger charge is -2.32. The Morgan fingerprint density at radius 1 is 0.821 bits per heavy atom. The maximum atomic E-state index is 12.8. The van der Waals surface area contributed by atoms with Crippen molar-refractivity contribution in [1.82, 2.24) is 4.90 Å². The van der Waals surface area contributed by atoms with Gasteiger partial charge in [-0.2, -0.15) is 0 Å². The van der Waals surface area contributed by atoms with Crippen LogP contribution in [0.5, 0.6) is 0 Å². The molecule has 2 amide bonds. The first-order valence-electron chi connectivity index (χ1n) is 8.60. The molecule has 0 saturated carbocycles. The number of carbonyl (C=O) groups excluding carboxylic acids is 2. The first-order valence-corrected chi connectivity index (χ1v) is 10.1. The van der Waals surface area contributed by atoms with Gasteiger partial charge in [-0.25, -0.2) is 0 Å². The fraction of sp³-hybridized carbons (Fsp3) is 0.0909. The van der Waals surface area contributed by atoms with Crippen molar-refractivity contribution in [1.29, 1.82) is 0 Å². The monoisotopic (exact) mass is 503 g/mol. The number of amides is 2. The van der Waals surface area contributed by atoms with E-state index in [1.165, 1.54) is 0 Å². The van der Waals surface area contributed by atoms with Crippen molar-refractivity contribution in [2.75, 3.05) is 6.54 Å². The fourth-order valence-electron chi connectivity index (χ4n) is 3.41. The molecular weight excluding hydrogens is 489 g/mol. The second kappa shape index (κ2) is 7.31. The highest BCUT2D eigenvalue weighted by Gasteiger charge is 2.42. The van der Waals surface area contributed by atoms with Crippen molar-refractivity contribution in [2.45, 2.75) is 5.60 Å². The molecule has 3 aromatic rings. The van der Waals surface area contributed by atoms with Crippen LogP contribution in [0.2, 0.25) is 5.02 Å². The van der Waals surface area contributed by atoms with Crippen LogP contribution >= 0.6 is 34.2 Å². The Kier molecular flexibility index (Phi) is 4.99. The third-order valence-corrected chi connectivity index (χ3v) is 5.88. The molecule has 0 fully saturated rings. The molecule has 1 N–H and O–H groups in total. The smallest absolute Gasteiger partial charge is 0.261 e. The summed E-state index contributed by atoms with van der Waals surface area (Å²) in [6, 6.07) is 20.8. The summed E-state index contributed by atoms with van der Waals surface area (Å²) >= 11 is 8.19. The van der Waals surface area contributed by atoms with Crippen LogP contribution in [0.1, 0.15) is 31.8 Å². The number of benzene rings is 3. The molecule has 4 rings (SSSR count). The van der Waals surface area contributed by atoms with Gasteiger partial charge in [0.2, 0.25) is 0 Å². The van der Waals surface area contributed by atoms with E-state index in [1.54, 1.807) is 60.7 Å². The van der Waals surface area contributed by atoms with Crippen molar-refractivity contribution >= 4 is 46.0 Å². The van der Waals surface area contributed by atoms with Gasteiger partial charge in [0.15, 0.2) is 0 Å². The summed E-state index contributed by atoms with van der Waals surface area (Å²) < 4.78 is 1.01. The molecule has 0 saturated heterocycles. The molecular formula is C22H15ClINO3. The van der Waals surface area contributed by atoms with Gasteiger partial charge in [0, 0.05) is 8.59 Å². The predicted octanol–water partition coefficient (Wildman–Crippen LogP) is 4.48. The van der Waals surface area contributed by atoms with Crippen molar-refractivity contribution in [3.8, 4) is 0 Å². The third kappa shape index (κ3) is 3.23. The van der Waals surface area contributed by atoms with Crippen molar-refractivity contribution in [3.05, 3.63) is 104 Å². The Morgan fingerprint density at radius 2 is 1.29 bits per heavy atom. The number of hydrogen-bond donors (Lipinski definition) is 1. The van der Waals surface area contributed by atoms with Gasteiger partial charge in [-0.3, -0.25) is 14.5 Å². The Bertz CT molecular complexity index is 983. The molecule has 1 heterocycles. The number of hydrogen-bond acceptors (Lipinski definition) is 3. The van der Waals surface area contributed by atoms with E-state index < -0.39 is 17.4 Å². The van der Waals surface area contributed by atoms with Crippen LogP contribution < -0.4 is 0 Å². The standard InChI is InChI=1S/C22H15ClINO3/c23-16-9-5-14(6-10-16)22(28,15-7-11-17(24)12-8-15)13-25-20(26)18-3-1-2-4-19(18)21(25)27/h1-12,28H,13H2. The van der Waals surface area contributed by atoms with Gasteiger partial charge >= 0.3 is 0 Å². The van der Waals surface area contributed by atoms with E-state index in [9.17, 15) is 14.7 Å². The van der Waals surface area contributed by atoms with Crippen molar-refractivity contribution < 1.29 is 14.7 Å². The zero-order valence-corrected chi connectivity index (χ0v) is 17.5. The van der Waals surface area contributed by atoms with Crippen LogP contribution in [0, 0.1) is 3.57 Å². The zero-order chi connectivity index (χ0) is 19.9. The molecule has 3 aromatic carbocycles. The average Bonchev–Trinajstić information content (AvgIpc) is 2.94. The zero-order valence-electron chi connectivity index (χ0n) is 14.6. The van der Waals surface area contributed by atoms with Gasteiger partial charge in [-0.05, 0) is 70.1 Å². The number of rotatable bonds is 4. The Balaban J connectivity index is 1.79. The Labute approximate surface area is 180 Å². The summed E-state index contributed by atoms with van der Waals surface area (Å²) in [5.74, 6) is -0.808. The van der Waals surface area contributed by atoms with E-state index in [2.05, 4.69) is 22.6 Å². The second-order valence-corrected chi connectivity index (χ2v) is 8.30. The van der Waals surface area contributed by atoms with E-state index in [0.717, 1.165) is 8.47 Å². The van der Waals surface area contributed by atoms with Crippen LogP contribution in [0.25, 0.3) is 0 Å². The maximum absolute atomic E-state index is 12.8. The molecule has 0 aliphatic carbocycles. The first kappa shape index (κ1) is 19.1. The topological polar surface area (TPSA) is 57.6 Å². The van der Waals surface area contributed by atoms with E-state index in [1.807, 2.05) is 12.1 Å². The quantitative estimate of drug-likeness (QED) is 0.422. The van der Waals surface area contributed by atoms with Crippen LogP contribution in [0.4, 0.5) is 0 Å². The first-order chi connectivity index (χ1) is 13.4. The van der Waals surface area contributed by atoms with Gasteiger partial charge in [0.1, 0.15) is 5.60 Å². The third-order valence-electron chi connectivity index (χ3n) is 4.91. The summed E-state index contributed by atoms with van der Waals surface area (Å²) in [6.45, 7) is -0.193. The molecule has 1 aliphatic rings. The largest absolute Gasteiger partial charge is 0.378 e. The van der Waals surface area contributed by atoms with Gasteiger partial charge in [0.05, 0.1) is 17.7 Å². The summed E-state index contributed by atoms with van der Waals surface area (Å²) in [5.41, 5.74) is 0.283. The van der Waals surface area contributed by atoms with Gasteiger partial charge in [0.25, 0.3) is 11.8 Å². The number of β-amino-alcohol motifs (C(OH)–C–C–N with tert-alkyl or cyclic N) is 1. The molecule has 0 bridgehead atoms. The highest BCUT2D eigenvalue weighted by Crippen LogP contribution is 2.34. The van der Waals surface area contributed by atoms with Gasteiger partial charge in [-0.15, -0.1) is 0 Å². The summed E-state index contributed by atoms with van der Waals surface area (Å²) in [6.07, 6.45) is 0. The van der Waals surface area contributed by atoms with Crippen LogP contribution in [0.3, 0.4) is 0 Å². The number of imide groups is 1. The second-order valence-electron chi connectivity index (χ2n) is 6.62. The molecule has 1 atom stereocenters. The summed E-state index contributed by atoms with van der Waals surface area (Å²) in [5, 5.41) is 12.3. The fourth-order valence-corrected chi connectivity index (χ4v) is 3.90. The summed E-state index contributed by atoms with van der Waals surface area (Å²) in [4.78, 5) is 26.8. The molecule has 4 nitrogen and oxygen atoms in total. The molecule has 0 spiro atoms. The lowest BCUT2D eigenvalue weighted by molar-refractivity contribution is 0.0295. The molecule has 1 aliphatic heterocycles. The van der Waals surface area contributed by atoms with E-state index in [0.29, 0.717) is 27.3 Å². The number of aliphatic hydroxyl groups is 1. The van der Waals surface area contributed by atoms with Crippen LogP contribution in [0.15, 0.2) is 72.8 Å². The van der Waals surface area contributed by atoms with Gasteiger partial charge in [-0.1, -0.05) is 48.0 Å². The lowest BCUT2D eigenvalue weighted by atomic mass is 9.85. The van der Waals surface area contributed by atoms with E-state index in [4.69, 9.17) is 11.6 Å². The Hall–Kier alpha value is -2.22. The lowest BCUT2D eigenvalue weighted by Crippen LogP contribution is -2.44. The number of fused-ring (bicyclic) bond motifs is 1. The van der Waals surface area contributed by atoms with Crippen LogP contribution in [-0.4, -0.2) is 28.4 Å². The highest BCUT2D eigenvalue weighted by atomic mass is 127. The highest BCUT2D eigenvalue weighted by molar-refractivity contribution is 14.1. The van der Waals surface area contributed by atoms with E-state index in [-0.39, 0.29) is 6.54 Å². The Morgan fingerprint density at radius 3 is 1.79 bits per heavy atom. The molecule has 1 unspecified atom stereocenters. The van der Waals surface area contributed by atoms with Crippen molar-refractivity contribution in [3.63, 3.8) is 0 Å². The normalized spacial score (nSPS) is 15.5. The molecule has 0 aromatic heterocycles. The number of halogens is 2. The minimum atomic E-state index is -1.57. The molecule has 6 heteroatoms. The minimum absolute atomic E-state index is 0.193.